The number of nitrogens with zero attached hydrogens (tertiary/aromatic N) is 1. The molecule has 0 aliphatic heterocycles. The first-order valence-electron chi connectivity index (χ1n) is 5.46. The average molecular weight is 265 g/mol. The Kier molecular flexibility index (Phi) is 3.48. The normalized spacial score (nSPS) is 10.3. The molecule has 0 saturated heterocycles. The monoisotopic (exact) mass is 265 g/mol. The number of pyridine rings is 1. The van der Waals surface area contributed by atoms with Gasteiger partial charge < -0.3 is 16.5 Å². The largest absolute Gasteiger partial charge is 0.382 e. The third kappa shape index (κ3) is 2.89. The summed E-state index contributed by atoms with van der Waals surface area (Å²) in [5.74, 6) is 4.03. The van der Waals surface area contributed by atoms with E-state index in [4.69, 9.17) is 11.6 Å². The topological polar surface area (TPSA) is 89.0 Å². The Bertz CT molecular complexity index is 595. The lowest BCUT2D eigenvalue weighted by molar-refractivity contribution is 0.624. The Morgan fingerprint density at radius 3 is 2.53 bits per heavy atom. The van der Waals surface area contributed by atoms with Crippen molar-refractivity contribution in [1.29, 1.82) is 0 Å². The van der Waals surface area contributed by atoms with Crippen molar-refractivity contribution in [3.05, 3.63) is 41.5 Å². The van der Waals surface area contributed by atoms with E-state index in [1.807, 2.05) is 0 Å². The zero-order valence-electron chi connectivity index (χ0n) is 10.2. The fourth-order valence-corrected chi connectivity index (χ4v) is 1.65. The standard InChI is InChI=1S/C12H13F2N5/c1-6-2-7(13)4-8(3-6)17-12-9(14)5-10(19-16)11(15)18-12/h2-5,19H,16H2,1H3,(H3,15,17,18). The summed E-state index contributed by atoms with van der Waals surface area (Å²) in [6.07, 6.45) is 0. The third-order valence-corrected chi connectivity index (χ3v) is 2.47. The fraction of sp³-hybridized carbons (Fsp3) is 0.0833. The minimum atomic E-state index is -0.649. The maximum absolute atomic E-state index is 13.7. The summed E-state index contributed by atoms with van der Waals surface area (Å²) < 4.78 is 27.0. The molecule has 0 amide bonds. The van der Waals surface area contributed by atoms with Gasteiger partial charge in [-0.3, -0.25) is 5.84 Å². The predicted molar refractivity (Wildman–Crippen MR) is 70.8 cm³/mol. The number of hydrazine groups is 1. The van der Waals surface area contributed by atoms with E-state index in [-0.39, 0.29) is 17.3 Å². The summed E-state index contributed by atoms with van der Waals surface area (Å²) in [6.45, 7) is 1.73. The van der Waals surface area contributed by atoms with Crippen LogP contribution in [0.4, 0.5) is 31.8 Å². The van der Waals surface area contributed by atoms with Crippen molar-refractivity contribution in [2.24, 2.45) is 5.84 Å². The van der Waals surface area contributed by atoms with Crippen LogP contribution in [0.5, 0.6) is 0 Å². The molecule has 19 heavy (non-hydrogen) atoms. The Balaban J connectivity index is 2.35. The lowest BCUT2D eigenvalue weighted by Gasteiger charge is -2.11. The van der Waals surface area contributed by atoms with Crippen LogP contribution in [0, 0.1) is 18.6 Å². The van der Waals surface area contributed by atoms with E-state index in [1.165, 1.54) is 12.1 Å². The molecule has 1 aromatic carbocycles. The Morgan fingerprint density at radius 1 is 1.16 bits per heavy atom. The summed E-state index contributed by atoms with van der Waals surface area (Å²) >= 11 is 0. The maximum Gasteiger partial charge on any atom is 0.169 e. The van der Waals surface area contributed by atoms with Crippen molar-refractivity contribution in [3.63, 3.8) is 0 Å². The van der Waals surface area contributed by atoms with Crippen LogP contribution in [-0.2, 0) is 0 Å². The van der Waals surface area contributed by atoms with Crippen molar-refractivity contribution in [3.8, 4) is 0 Å². The molecule has 0 aliphatic rings. The molecule has 1 heterocycles. The first kappa shape index (κ1) is 13.0. The van der Waals surface area contributed by atoms with Gasteiger partial charge in [0, 0.05) is 11.8 Å². The predicted octanol–water partition coefficient (Wildman–Crippen LogP) is 2.28. The van der Waals surface area contributed by atoms with Gasteiger partial charge in [0.25, 0.3) is 0 Å². The lowest BCUT2D eigenvalue weighted by Crippen LogP contribution is -2.11. The van der Waals surface area contributed by atoms with Crippen LogP contribution in [0.3, 0.4) is 0 Å². The van der Waals surface area contributed by atoms with Gasteiger partial charge in [-0.1, -0.05) is 0 Å². The van der Waals surface area contributed by atoms with Gasteiger partial charge in [0.1, 0.15) is 5.82 Å². The highest BCUT2D eigenvalue weighted by molar-refractivity contribution is 5.67. The molecule has 1 aromatic heterocycles. The van der Waals surface area contributed by atoms with E-state index < -0.39 is 11.6 Å². The van der Waals surface area contributed by atoms with Gasteiger partial charge in [0.2, 0.25) is 0 Å². The summed E-state index contributed by atoms with van der Waals surface area (Å²) in [4.78, 5) is 3.82. The quantitative estimate of drug-likeness (QED) is 0.505. The van der Waals surface area contributed by atoms with E-state index in [0.717, 1.165) is 6.07 Å². The van der Waals surface area contributed by atoms with Gasteiger partial charge in [-0.05, 0) is 30.7 Å². The highest BCUT2D eigenvalue weighted by atomic mass is 19.1. The number of aromatic nitrogens is 1. The smallest absolute Gasteiger partial charge is 0.169 e. The van der Waals surface area contributed by atoms with Crippen LogP contribution in [0.2, 0.25) is 0 Å². The van der Waals surface area contributed by atoms with Crippen molar-refractivity contribution in [2.75, 3.05) is 16.5 Å². The first-order valence-corrected chi connectivity index (χ1v) is 5.46. The van der Waals surface area contributed by atoms with Crippen molar-refractivity contribution in [1.82, 2.24) is 4.98 Å². The Hall–Kier alpha value is -2.41. The molecule has 2 aromatic rings. The van der Waals surface area contributed by atoms with Crippen LogP contribution in [0.1, 0.15) is 5.56 Å². The number of aryl methyl sites for hydroxylation is 1. The second kappa shape index (κ2) is 5.07. The molecule has 100 valence electrons. The molecule has 0 spiro atoms. The number of hydrogen-bond acceptors (Lipinski definition) is 5. The van der Waals surface area contributed by atoms with E-state index in [2.05, 4.69) is 15.7 Å². The highest BCUT2D eigenvalue weighted by Crippen LogP contribution is 2.25. The van der Waals surface area contributed by atoms with Gasteiger partial charge in [0.05, 0.1) is 5.69 Å². The molecule has 0 atom stereocenters. The molecule has 5 nitrogen and oxygen atoms in total. The van der Waals surface area contributed by atoms with Crippen molar-refractivity contribution in [2.45, 2.75) is 6.92 Å². The Labute approximate surface area is 108 Å². The molecule has 0 aliphatic carbocycles. The number of hydrogen-bond donors (Lipinski definition) is 4. The van der Waals surface area contributed by atoms with Gasteiger partial charge in [-0.15, -0.1) is 0 Å². The van der Waals surface area contributed by atoms with Crippen LogP contribution in [0.15, 0.2) is 24.3 Å². The Morgan fingerprint density at radius 2 is 1.89 bits per heavy atom. The number of nitrogens with two attached hydrogens (primary N) is 2. The summed E-state index contributed by atoms with van der Waals surface area (Å²) in [5.41, 5.74) is 9.08. The van der Waals surface area contributed by atoms with Gasteiger partial charge >= 0.3 is 0 Å². The summed E-state index contributed by atoms with van der Waals surface area (Å²) in [6, 6.07) is 5.37. The third-order valence-electron chi connectivity index (χ3n) is 2.47. The summed E-state index contributed by atoms with van der Waals surface area (Å²) in [5, 5.41) is 2.67. The SMILES string of the molecule is Cc1cc(F)cc(Nc2nc(N)c(NN)cc2F)c1. The van der Waals surface area contributed by atoms with Crippen molar-refractivity contribution >= 4 is 23.0 Å². The lowest BCUT2D eigenvalue weighted by atomic mass is 10.2. The maximum atomic E-state index is 13.7. The van der Waals surface area contributed by atoms with Gasteiger partial charge in [-0.2, -0.15) is 0 Å². The molecule has 6 N–H and O–H groups in total. The molecular weight excluding hydrogens is 252 g/mol. The minimum Gasteiger partial charge on any atom is -0.382 e. The number of anilines is 4. The van der Waals surface area contributed by atoms with Crippen LogP contribution >= 0.6 is 0 Å². The number of nitrogen functional groups attached to an aromatic ring is 2. The zero-order valence-corrected chi connectivity index (χ0v) is 10.2. The molecule has 0 bridgehead atoms. The molecule has 2 rings (SSSR count). The van der Waals surface area contributed by atoms with Crippen LogP contribution in [-0.4, -0.2) is 4.98 Å². The fourth-order valence-electron chi connectivity index (χ4n) is 1.65. The van der Waals surface area contributed by atoms with Crippen LogP contribution < -0.4 is 22.3 Å². The zero-order chi connectivity index (χ0) is 14.0. The van der Waals surface area contributed by atoms with E-state index >= 15 is 0 Å². The second-order valence-electron chi connectivity index (χ2n) is 4.04. The molecule has 7 heteroatoms. The van der Waals surface area contributed by atoms with Gasteiger partial charge in [-0.25, -0.2) is 13.8 Å². The minimum absolute atomic E-state index is 0.0412. The second-order valence-corrected chi connectivity index (χ2v) is 4.04. The van der Waals surface area contributed by atoms with E-state index in [9.17, 15) is 8.78 Å². The number of nitrogens with one attached hydrogen (secondary N) is 2. The number of halogens is 2. The molecule has 0 saturated carbocycles. The van der Waals surface area contributed by atoms with E-state index in [0.29, 0.717) is 11.3 Å². The molecular formula is C12H13F2N5. The highest BCUT2D eigenvalue weighted by Gasteiger charge is 2.10. The van der Waals surface area contributed by atoms with Crippen molar-refractivity contribution < 1.29 is 8.78 Å². The molecule has 0 fully saturated rings. The van der Waals surface area contributed by atoms with E-state index in [1.54, 1.807) is 13.0 Å². The average Bonchev–Trinajstić information content (AvgIpc) is 2.32. The summed E-state index contributed by atoms with van der Waals surface area (Å²) in [7, 11) is 0. The number of rotatable bonds is 3. The molecule has 0 unspecified atom stereocenters. The number of benzene rings is 1. The molecule has 0 radical (unpaired) electrons. The van der Waals surface area contributed by atoms with Crippen LogP contribution in [0.25, 0.3) is 0 Å². The van der Waals surface area contributed by atoms with Gasteiger partial charge in [0.15, 0.2) is 17.5 Å². The first-order chi connectivity index (χ1) is 8.99.